The van der Waals surface area contributed by atoms with Crippen molar-refractivity contribution in [3.8, 4) is 0 Å². The number of hydrogen-bond acceptors (Lipinski definition) is 2. The summed E-state index contributed by atoms with van der Waals surface area (Å²) >= 11 is 10.9. The largest absolute Gasteiger partial charge is 0.362 e. The van der Waals surface area contributed by atoms with E-state index in [4.69, 9.17) is 24.4 Å². The minimum absolute atomic E-state index is 0.618. The Morgan fingerprint density at radius 3 is 1.71 bits per heavy atom. The predicted molar refractivity (Wildman–Crippen MR) is 138 cm³/mol. The molecule has 0 aliphatic heterocycles. The van der Waals surface area contributed by atoms with E-state index in [0.717, 1.165) is 37.2 Å². The summed E-state index contributed by atoms with van der Waals surface area (Å²) in [5.74, 6) is 0. The Bertz CT molecular complexity index is 962. The highest BCUT2D eigenvalue weighted by Crippen LogP contribution is 2.14. The summed E-state index contributed by atoms with van der Waals surface area (Å²) in [4.78, 5) is 0. The van der Waals surface area contributed by atoms with Crippen molar-refractivity contribution in [2.45, 2.75) is 19.4 Å². The Hall–Kier alpha value is -2.96. The van der Waals surface area contributed by atoms with E-state index in [1.165, 1.54) is 11.1 Å². The van der Waals surface area contributed by atoms with Crippen molar-refractivity contribution in [3.05, 3.63) is 102 Å². The van der Waals surface area contributed by atoms with Crippen molar-refractivity contribution in [2.75, 3.05) is 18.4 Å². The van der Waals surface area contributed by atoms with E-state index in [1.54, 1.807) is 0 Å². The maximum absolute atomic E-state index is 5.47. The summed E-state index contributed by atoms with van der Waals surface area (Å²) in [6.07, 6.45) is 1.86. The fraction of sp³-hybridized carbons (Fsp3) is 0.200. The van der Waals surface area contributed by atoms with Gasteiger partial charge in [-0.25, -0.2) is 0 Å². The second kappa shape index (κ2) is 12.7. The predicted octanol–water partition coefficient (Wildman–Crippen LogP) is 4.42. The van der Waals surface area contributed by atoms with Crippen molar-refractivity contribution in [2.24, 2.45) is 0 Å². The van der Waals surface area contributed by atoms with Crippen LogP contribution in [0.15, 0.2) is 84.9 Å². The molecule has 0 heterocycles. The number of rotatable bonds is 9. The molecule has 0 bridgehead atoms. The summed E-state index contributed by atoms with van der Waals surface area (Å²) < 4.78 is 0. The lowest BCUT2D eigenvalue weighted by atomic mass is 10.1. The molecule has 0 aliphatic rings. The Morgan fingerprint density at radius 2 is 1.10 bits per heavy atom. The van der Waals surface area contributed by atoms with Crippen LogP contribution in [-0.2, 0) is 19.4 Å². The van der Waals surface area contributed by atoms with Gasteiger partial charge in [-0.3, -0.25) is 0 Å². The molecule has 160 valence electrons. The summed E-state index contributed by atoms with van der Waals surface area (Å²) in [5.41, 5.74) is 4.65. The van der Waals surface area contributed by atoms with E-state index < -0.39 is 0 Å². The van der Waals surface area contributed by atoms with Gasteiger partial charge < -0.3 is 21.3 Å². The van der Waals surface area contributed by atoms with Gasteiger partial charge in [-0.1, -0.05) is 78.9 Å². The van der Waals surface area contributed by atoms with Gasteiger partial charge >= 0.3 is 0 Å². The van der Waals surface area contributed by atoms with Crippen LogP contribution >= 0.6 is 24.4 Å². The topological polar surface area (TPSA) is 48.1 Å². The molecule has 4 N–H and O–H groups in total. The number of para-hydroxylation sites is 1. The molecule has 4 nitrogen and oxygen atoms in total. The quantitative estimate of drug-likeness (QED) is 0.364. The SMILES string of the molecule is S=C(NCCc1ccccc1)NCc1ccccc1NC(=S)NCCc1ccccc1. The molecular formula is C25H28N4S2. The smallest absolute Gasteiger partial charge is 0.170 e. The molecule has 0 spiro atoms. The second-order valence-electron chi connectivity index (χ2n) is 7.12. The van der Waals surface area contributed by atoms with Crippen LogP contribution in [0.5, 0.6) is 0 Å². The van der Waals surface area contributed by atoms with Crippen LogP contribution in [0.1, 0.15) is 16.7 Å². The highest BCUT2D eigenvalue weighted by molar-refractivity contribution is 7.80. The zero-order valence-corrected chi connectivity index (χ0v) is 19.1. The third-order valence-electron chi connectivity index (χ3n) is 4.79. The van der Waals surface area contributed by atoms with E-state index in [0.29, 0.717) is 16.8 Å². The van der Waals surface area contributed by atoms with Crippen molar-refractivity contribution in [1.82, 2.24) is 16.0 Å². The maximum atomic E-state index is 5.47. The molecule has 0 amide bonds. The number of benzene rings is 3. The van der Waals surface area contributed by atoms with Crippen molar-refractivity contribution >= 4 is 40.3 Å². The molecule has 0 saturated carbocycles. The average Bonchev–Trinajstić information content (AvgIpc) is 2.80. The molecule has 3 aromatic rings. The Kier molecular flexibility index (Phi) is 9.29. The molecule has 3 rings (SSSR count). The van der Waals surface area contributed by atoms with Crippen molar-refractivity contribution < 1.29 is 0 Å². The normalized spacial score (nSPS) is 10.2. The lowest BCUT2D eigenvalue weighted by Crippen LogP contribution is -2.36. The number of anilines is 1. The lowest BCUT2D eigenvalue weighted by Gasteiger charge is -2.16. The molecule has 0 fully saturated rings. The monoisotopic (exact) mass is 448 g/mol. The average molecular weight is 449 g/mol. The lowest BCUT2D eigenvalue weighted by molar-refractivity contribution is 0.815. The standard InChI is InChI=1S/C25H28N4S2/c30-24(26-17-15-20-9-3-1-4-10-20)28-19-22-13-7-8-14-23(22)29-25(31)27-18-16-21-11-5-2-6-12-21/h1-14H,15-19H2,(H2,26,28,30)(H2,27,29,31). The van der Waals surface area contributed by atoms with E-state index in [1.807, 2.05) is 30.3 Å². The Morgan fingerprint density at radius 1 is 0.581 bits per heavy atom. The van der Waals surface area contributed by atoms with E-state index in [-0.39, 0.29) is 0 Å². The fourth-order valence-electron chi connectivity index (χ4n) is 3.13. The molecule has 0 radical (unpaired) electrons. The first kappa shape index (κ1) is 22.7. The second-order valence-corrected chi connectivity index (χ2v) is 7.94. The minimum Gasteiger partial charge on any atom is -0.362 e. The summed E-state index contributed by atoms with van der Waals surface area (Å²) in [5, 5.41) is 14.4. The molecule has 6 heteroatoms. The van der Waals surface area contributed by atoms with E-state index in [9.17, 15) is 0 Å². The Labute approximate surface area is 195 Å². The van der Waals surface area contributed by atoms with Gasteiger partial charge in [-0.2, -0.15) is 0 Å². The first-order valence-electron chi connectivity index (χ1n) is 10.4. The first-order valence-corrected chi connectivity index (χ1v) is 11.2. The molecular weight excluding hydrogens is 420 g/mol. The van der Waals surface area contributed by atoms with Crippen LogP contribution in [0.4, 0.5) is 5.69 Å². The fourth-order valence-corrected chi connectivity index (χ4v) is 3.52. The van der Waals surface area contributed by atoms with Crippen LogP contribution in [-0.4, -0.2) is 23.3 Å². The zero-order valence-electron chi connectivity index (χ0n) is 17.4. The summed E-state index contributed by atoms with van der Waals surface area (Å²) in [6.45, 7) is 2.20. The van der Waals surface area contributed by atoms with E-state index in [2.05, 4.69) is 75.9 Å². The highest BCUT2D eigenvalue weighted by atomic mass is 32.1. The molecule has 0 atom stereocenters. The minimum atomic E-state index is 0.618. The van der Waals surface area contributed by atoms with Gasteiger partial charge in [-0.15, -0.1) is 0 Å². The van der Waals surface area contributed by atoms with Crippen molar-refractivity contribution in [3.63, 3.8) is 0 Å². The van der Waals surface area contributed by atoms with Gasteiger partial charge in [0, 0.05) is 25.3 Å². The highest BCUT2D eigenvalue weighted by Gasteiger charge is 2.05. The van der Waals surface area contributed by atoms with Crippen LogP contribution in [0.2, 0.25) is 0 Å². The van der Waals surface area contributed by atoms with Crippen LogP contribution in [0.25, 0.3) is 0 Å². The third-order valence-corrected chi connectivity index (χ3v) is 5.32. The molecule has 0 aromatic heterocycles. The summed E-state index contributed by atoms with van der Waals surface area (Å²) in [6, 6.07) is 28.8. The van der Waals surface area contributed by atoms with Gasteiger partial charge in [0.15, 0.2) is 10.2 Å². The summed E-state index contributed by atoms with van der Waals surface area (Å²) in [7, 11) is 0. The van der Waals surface area contributed by atoms with Crippen LogP contribution in [0, 0.1) is 0 Å². The first-order chi connectivity index (χ1) is 15.2. The molecule has 3 aromatic carbocycles. The van der Waals surface area contributed by atoms with Gasteiger partial charge in [0.2, 0.25) is 0 Å². The molecule has 0 unspecified atom stereocenters. The van der Waals surface area contributed by atoms with E-state index >= 15 is 0 Å². The van der Waals surface area contributed by atoms with Crippen LogP contribution in [0.3, 0.4) is 0 Å². The van der Waals surface area contributed by atoms with Gasteiger partial charge in [0.25, 0.3) is 0 Å². The zero-order chi connectivity index (χ0) is 21.7. The van der Waals surface area contributed by atoms with Gasteiger partial charge in [0.05, 0.1) is 0 Å². The Balaban J connectivity index is 1.40. The van der Waals surface area contributed by atoms with Gasteiger partial charge in [-0.05, 0) is 60.0 Å². The molecule has 31 heavy (non-hydrogen) atoms. The third kappa shape index (κ3) is 8.36. The van der Waals surface area contributed by atoms with Gasteiger partial charge in [0.1, 0.15) is 0 Å². The number of hydrogen-bond donors (Lipinski definition) is 4. The molecule has 0 saturated heterocycles. The maximum Gasteiger partial charge on any atom is 0.170 e. The number of thiocarbonyl (C=S) groups is 2. The van der Waals surface area contributed by atoms with Crippen LogP contribution < -0.4 is 21.3 Å². The van der Waals surface area contributed by atoms with Crippen molar-refractivity contribution in [1.29, 1.82) is 0 Å². The number of nitrogens with one attached hydrogen (secondary N) is 4. The molecule has 0 aliphatic carbocycles.